The maximum Gasteiger partial charge on any atom is 0.193 e. The first-order valence-electron chi connectivity index (χ1n) is 5.07. The molecule has 0 amide bonds. The SMILES string of the molecule is Cc1cnc(Sc2c(C=O)c(C)nn2C)nc1. The fourth-order valence-corrected chi connectivity index (χ4v) is 2.29. The third-order valence-corrected chi connectivity index (χ3v) is 3.35. The molecule has 0 unspecified atom stereocenters. The molecule has 0 radical (unpaired) electrons. The van der Waals surface area contributed by atoms with Gasteiger partial charge in [0.05, 0.1) is 11.3 Å². The van der Waals surface area contributed by atoms with E-state index in [2.05, 4.69) is 15.1 Å². The van der Waals surface area contributed by atoms with Gasteiger partial charge < -0.3 is 0 Å². The molecule has 88 valence electrons. The number of aromatic nitrogens is 4. The molecule has 0 bridgehead atoms. The van der Waals surface area contributed by atoms with Crippen LogP contribution in [-0.2, 0) is 7.05 Å². The molecule has 6 heteroatoms. The second-order valence-corrected chi connectivity index (χ2v) is 4.65. The molecule has 0 aliphatic carbocycles. The monoisotopic (exact) mass is 248 g/mol. The molecule has 2 rings (SSSR count). The van der Waals surface area contributed by atoms with Gasteiger partial charge >= 0.3 is 0 Å². The van der Waals surface area contributed by atoms with Gasteiger partial charge in [-0.3, -0.25) is 9.48 Å². The lowest BCUT2D eigenvalue weighted by atomic mass is 10.3. The molecule has 0 saturated carbocycles. The standard InChI is InChI=1S/C11H12N4OS/c1-7-4-12-11(13-5-7)17-10-9(6-16)8(2)14-15(10)3/h4-6H,1-3H3. The van der Waals surface area contributed by atoms with E-state index in [9.17, 15) is 4.79 Å². The van der Waals surface area contributed by atoms with Crippen LogP contribution in [0.25, 0.3) is 0 Å². The number of carbonyl (C=O) groups excluding carboxylic acids is 1. The molecule has 0 aliphatic rings. The van der Waals surface area contributed by atoms with Gasteiger partial charge in [-0.1, -0.05) is 0 Å². The first-order valence-corrected chi connectivity index (χ1v) is 5.88. The second kappa shape index (κ2) is 4.67. The molecule has 0 N–H and O–H groups in total. The zero-order valence-electron chi connectivity index (χ0n) is 9.84. The molecule has 0 atom stereocenters. The van der Waals surface area contributed by atoms with Gasteiger partial charge in [-0.25, -0.2) is 9.97 Å². The number of hydrogen-bond acceptors (Lipinski definition) is 5. The van der Waals surface area contributed by atoms with Crippen LogP contribution in [0.15, 0.2) is 22.6 Å². The van der Waals surface area contributed by atoms with Crippen molar-refractivity contribution in [2.45, 2.75) is 24.0 Å². The van der Waals surface area contributed by atoms with Crippen LogP contribution in [0.5, 0.6) is 0 Å². The normalized spacial score (nSPS) is 10.5. The molecule has 17 heavy (non-hydrogen) atoms. The van der Waals surface area contributed by atoms with E-state index >= 15 is 0 Å². The third kappa shape index (κ3) is 2.36. The molecule has 2 heterocycles. The largest absolute Gasteiger partial charge is 0.298 e. The molecule has 0 fully saturated rings. The van der Waals surface area contributed by atoms with E-state index in [1.807, 2.05) is 13.8 Å². The average Bonchev–Trinajstić information content (AvgIpc) is 2.57. The number of aldehydes is 1. The number of hydrogen-bond donors (Lipinski definition) is 0. The van der Waals surface area contributed by atoms with Crippen LogP contribution >= 0.6 is 11.8 Å². The van der Waals surface area contributed by atoms with Crippen LogP contribution < -0.4 is 0 Å². The molecular formula is C11H12N4OS. The summed E-state index contributed by atoms with van der Waals surface area (Å²) in [5.41, 5.74) is 2.32. The summed E-state index contributed by atoms with van der Waals surface area (Å²) in [6.07, 6.45) is 4.32. The zero-order chi connectivity index (χ0) is 12.4. The van der Waals surface area contributed by atoms with Gasteiger partial charge in [-0.2, -0.15) is 5.10 Å². The lowest BCUT2D eigenvalue weighted by Gasteiger charge is -2.01. The minimum Gasteiger partial charge on any atom is -0.298 e. The van der Waals surface area contributed by atoms with Crippen LogP contribution in [-0.4, -0.2) is 26.0 Å². The van der Waals surface area contributed by atoms with Crippen molar-refractivity contribution in [2.75, 3.05) is 0 Å². The van der Waals surface area contributed by atoms with Gasteiger partial charge in [-0.05, 0) is 31.2 Å². The van der Waals surface area contributed by atoms with Crippen molar-refractivity contribution in [1.29, 1.82) is 0 Å². The molecular weight excluding hydrogens is 236 g/mol. The molecule has 2 aromatic rings. The van der Waals surface area contributed by atoms with Crippen molar-refractivity contribution < 1.29 is 4.79 Å². The summed E-state index contributed by atoms with van der Waals surface area (Å²) in [6, 6.07) is 0. The van der Waals surface area contributed by atoms with Crippen molar-refractivity contribution in [2.24, 2.45) is 7.05 Å². The van der Waals surface area contributed by atoms with Gasteiger partial charge in [0.2, 0.25) is 0 Å². The summed E-state index contributed by atoms with van der Waals surface area (Å²) in [7, 11) is 1.80. The number of carbonyl (C=O) groups is 1. The van der Waals surface area contributed by atoms with Crippen molar-refractivity contribution in [3.63, 3.8) is 0 Å². The summed E-state index contributed by atoms with van der Waals surface area (Å²) in [6.45, 7) is 3.74. The number of aryl methyl sites for hydroxylation is 3. The minimum absolute atomic E-state index is 0.599. The highest BCUT2D eigenvalue weighted by molar-refractivity contribution is 7.99. The molecule has 0 saturated heterocycles. The zero-order valence-corrected chi connectivity index (χ0v) is 10.7. The van der Waals surface area contributed by atoms with E-state index in [0.717, 1.165) is 22.6 Å². The fraction of sp³-hybridized carbons (Fsp3) is 0.273. The topological polar surface area (TPSA) is 60.7 Å². The first-order chi connectivity index (χ1) is 8.11. The van der Waals surface area contributed by atoms with Crippen LogP contribution in [0.2, 0.25) is 0 Å². The molecule has 0 aromatic carbocycles. The second-order valence-electron chi connectivity index (χ2n) is 3.69. The lowest BCUT2D eigenvalue weighted by Crippen LogP contribution is -1.95. The van der Waals surface area contributed by atoms with Gasteiger partial charge in [0, 0.05) is 19.4 Å². The van der Waals surface area contributed by atoms with Gasteiger partial charge in [0.25, 0.3) is 0 Å². The molecule has 2 aromatic heterocycles. The first kappa shape index (κ1) is 11.8. The maximum absolute atomic E-state index is 11.0. The van der Waals surface area contributed by atoms with Crippen LogP contribution in [0.4, 0.5) is 0 Å². The highest BCUT2D eigenvalue weighted by Crippen LogP contribution is 2.27. The summed E-state index contributed by atoms with van der Waals surface area (Å²) in [5, 5.41) is 5.58. The van der Waals surface area contributed by atoms with E-state index in [-0.39, 0.29) is 0 Å². The van der Waals surface area contributed by atoms with E-state index < -0.39 is 0 Å². The van der Waals surface area contributed by atoms with Crippen molar-refractivity contribution in [1.82, 2.24) is 19.7 Å². The van der Waals surface area contributed by atoms with Crippen LogP contribution in [0, 0.1) is 13.8 Å². The van der Waals surface area contributed by atoms with E-state index in [4.69, 9.17) is 0 Å². The van der Waals surface area contributed by atoms with E-state index in [1.165, 1.54) is 11.8 Å². The molecule has 0 spiro atoms. The predicted octanol–water partition coefficient (Wildman–Crippen LogP) is 1.79. The Hall–Kier alpha value is -1.69. The highest BCUT2D eigenvalue weighted by Gasteiger charge is 2.14. The van der Waals surface area contributed by atoms with Gasteiger partial charge in [0.1, 0.15) is 5.03 Å². The Morgan fingerprint density at radius 1 is 1.29 bits per heavy atom. The lowest BCUT2D eigenvalue weighted by molar-refractivity contribution is 0.112. The Labute approximate surface area is 103 Å². The third-order valence-electron chi connectivity index (χ3n) is 2.28. The molecule has 5 nitrogen and oxygen atoms in total. The minimum atomic E-state index is 0.599. The Bertz CT molecular complexity index is 547. The Balaban J connectivity index is 2.35. The maximum atomic E-state index is 11.0. The van der Waals surface area contributed by atoms with E-state index in [0.29, 0.717) is 10.7 Å². The number of nitrogens with zero attached hydrogens (tertiary/aromatic N) is 4. The summed E-state index contributed by atoms with van der Waals surface area (Å²) >= 11 is 1.34. The Morgan fingerprint density at radius 3 is 2.53 bits per heavy atom. The summed E-state index contributed by atoms with van der Waals surface area (Å²) in [4.78, 5) is 19.4. The van der Waals surface area contributed by atoms with Gasteiger partial charge in [0.15, 0.2) is 11.4 Å². The molecule has 0 aliphatic heterocycles. The quantitative estimate of drug-likeness (QED) is 0.612. The van der Waals surface area contributed by atoms with Crippen molar-refractivity contribution in [3.05, 3.63) is 29.2 Å². The van der Waals surface area contributed by atoms with Crippen LogP contribution in [0.3, 0.4) is 0 Å². The Morgan fingerprint density at radius 2 is 1.94 bits per heavy atom. The average molecular weight is 248 g/mol. The highest BCUT2D eigenvalue weighted by atomic mass is 32.2. The van der Waals surface area contributed by atoms with Crippen molar-refractivity contribution in [3.8, 4) is 0 Å². The van der Waals surface area contributed by atoms with Crippen LogP contribution in [0.1, 0.15) is 21.6 Å². The fourth-order valence-electron chi connectivity index (χ4n) is 1.43. The number of rotatable bonds is 3. The summed E-state index contributed by atoms with van der Waals surface area (Å²) < 4.78 is 1.67. The summed E-state index contributed by atoms with van der Waals surface area (Å²) in [5.74, 6) is 0. The van der Waals surface area contributed by atoms with Gasteiger partial charge in [-0.15, -0.1) is 0 Å². The Kier molecular flexibility index (Phi) is 3.23. The smallest absolute Gasteiger partial charge is 0.193 e. The van der Waals surface area contributed by atoms with Crippen molar-refractivity contribution >= 4 is 18.0 Å². The predicted molar refractivity (Wildman–Crippen MR) is 64.2 cm³/mol. The van der Waals surface area contributed by atoms with E-state index in [1.54, 1.807) is 24.1 Å².